The van der Waals surface area contributed by atoms with E-state index in [4.69, 9.17) is 4.74 Å². The summed E-state index contributed by atoms with van der Waals surface area (Å²) in [7, 11) is 4.18. The van der Waals surface area contributed by atoms with Gasteiger partial charge in [0.25, 0.3) is 0 Å². The van der Waals surface area contributed by atoms with E-state index in [1.54, 1.807) is 6.07 Å². The van der Waals surface area contributed by atoms with Gasteiger partial charge in [-0.05, 0) is 87.1 Å². The fraction of sp³-hybridized carbons (Fsp3) is 0.517. The first kappa shape index (κ1) is 20.6. The summed E-state index contributed by atoms with van der Waals surface area (Å²) < 4.78 is 6.69. The summed E-state index contributed by atoms with van der Waals surface area (Å²) >= 11 is 0. The molecule has 0 unspecified atom stereocenters. The van der Waals surface area contributed by atoms with Gasteiger partial charge in [0.05, 0.1) is 16.7 Å². The van der Waals surface area contributed by atoms with Crippen molar-refractivity contribution in [3.63, 3.8) is 0 Å². The van der Waals surface area contributed by atoms with Gasteiger partial charge in [-0.3, -0.25) is 4.90 Å². The van der Waals surface area contributed by atoms with Crippen LogP contribution in [0, 0.1) is 5.92 Å². The second-order valence-corrected chi connectivity index (χ2v) is 12.1. The number of fused-ring (bicyclic) bond motifs is 4. The SMILES string of the molecule is CN(C)Cc1ccc2[nH]c3c(c2c1)C[C@@]1(O)[C@@H]2Cc4ccc(O)c5c4[C@@]1(CCN2CC1CC1)[C@H]3O5. The van der Waals surface area contributed by atoms with Gasteiger partial charge in [0, 0.05) is 42.0 Å². The number of aromatic hydroxyl groups is 1. The molecule has 8 rings (SSSR count). The molecule has 182 valence electrons. The predicted molar refractivity (Wildman–Crippen MR) is 134 cm³/mol. The Labute approximate surface area is 205 Å². The van der Waals surface area contributed by atoms with Crippen LogP contribution in [0.3, 0.4) is 0 Å². The minimum absolute atomic E-state index is 0.0639. The molecule has 3 aliphatic carbocycles. The van der Waals surface area contributed by atoms with Crippen LogP contribution in [0.2, 0.25) is 0 Å². The van der Waals surface area contributed by atoms with Crippen molar-refractivity contribution in [2.24, 2.45) is 5.92 Å². The zero-order valence-corrected chi connectivity index (χ0v) is 20.5. The molecule has 1 saturated heterocycles. The molecule has 3 heterocycles. The topological polar surface area (TPSA) is 72.0 Å². The lowest BCUT2D eigenvalue weighted by atomic mass is 9.49. The molecular weight excluding hydrogens is 438 g/mol. The molecule has 0 radical (unpaired) electrons. The lowest BCUT2D eigenvalue weighted by Crippen LogP contribution is -2.74. The van der Waals surface area contributed by atoms with E-state index in [-0.39, 0.29) is 17.9 Å². The van der Waals surface area contributed by atoms with E-state index < -0.39 is 11.0 Å². The highest BCUT2D eigenvalue weighted by Gasteiger charge is 2.72. The van der Waals surface area contributed by atoms with E-state index in [1.807, 2.05) is 0 Å². The maximum Gasteiger partial charge on any atom is 0.166 e. The average molecular weight is 472 g/mol. The van der Waals surface area contributed by atoms with E-state index in [1.165, 1.54) is 34.9 Å². The second-order valence-electron chi connectivity index (χ2n) is 12.1. The van der Waals surface area contributed by atoms with Crippen LogP contribution in [0.25, 0.3) is 10.9 Å². The number of aromatic nitrogens is 1. The molecule has 2 aromatic carbocycles. The van der Waals surface area contributed by atoms with E-state index >= 15 is 0 Å². The van der Waals surface area contributed by atoms with E-state index in [2.05, 4.69) is 53.1 Å². The summed E-state index contributed by atoms with van der Waals surface area (Å²) in [4.78, 5) is 8.48. The molecule has 1 saturated carbocycles. The van der Waals surface area contributed by atoms with Gasteiger partial charge in [-0.2, -0.15) is 0 Å². The van der Waals surface area contributed by atoms with E-state index in [0.29, 0.717) is 12.2 Å². The molecule has 1 spiro atoms. The monoisotopic (exact) mass is 471 g/mol. The van der Waals surface area contributed by atoms with Gasteiger partial charge in [0.15, 0.2) is 17.6 Å². The van der Waals surface area contributed by atoms with E-state index in [0.717, 1.165) is 55.2 Å². The van der Waals surface area contributed by atoms with Gasteiger partial charge >= 0.3 is 0 Å². The Hall–Kier alpha value is -2.54. The average Bonchev–Trinajstić information content (AvgIpc) is 3.46. The largest absolute Gasteiger partial charge is 0.504 e. The summed E-state index contributed by atoms with van der Waals surface area (Å²) in [6.07, 6.45) is 4.60. The smallest absolute Gasteiger partial charge is 0.166 e. The van der Waals surface area contributed by atoms with Crippen LogP contribution in [0.1, 0.15) is 53.3 Å². The van der Waals surface area contributed by atoms with Crippen molar-refractivity contribution >= 4 is 10.9 Å². The Morgan fingerprint density at radius 2 is 2.06 bits per heavy atom. The first-order valence-corrected chi connectivity index (χ1v) is 13.2. The summed E-state index contributed by atoms with van der Waals surface area (Å²) in [5.41, 5.74) is 5.50. The zero-order valence-electron chi connectivity index (χ0n) is 20.5. The summed E-state index contributed by atoms with van der Waals surface area (Å²) in [6.45, 7) is 2.94. The maximum absolute atomic E-state index is 12.9. The number of benzene rings is 2. The molecule has 2 bridgehead atoms. The van der Waals surface area contributed by atoms with Crippen LogP contribution in [-0.4, -0.2) is 63.8 Å². The van der Waals surface area contributed by atoms with Crippen LogP contribution in [-0.2, 0) is 24.8 Å². The van der Waals surface area contributed by atoms with Gasteiger partial charge in [0.2, 0.25) is 0 Å². The molecule has 35 heavy (non-hydrogen) atoms. The van der Waals surface area contributed by atoms with Crippen LogP contribution in [0.15, 0.2) is 30.3 Å². The lowest BCUT2D eigenvalue weighted by molar-refractivity contribution is -0.173. The van der Waals surface area contributed by atoms with Crippen molar-refractivity contribution in [1.82, 2.24) is 14.8 Å². The Morgan fingerprint density at radius 1 is 1.20 bits per heavy atom. The molecule has 3 N–H and O–H groups in total. The number of phenols is 1. The maximum atomic E-state index is 12.9. The second kappa shape index (κ2) is 6.61. The first-order valence-electron chi connectivity index (χ1n) is 13.2. The third-order valence-corrected chi connectivity index (χ3v) is 9.72. The molecule has 1 aromatic heterocycles. The van der Waals surface area contributed by atoms with Gasteiger partial charge in [-0.15, -0.1) is 0 Å². The van der Waals surface area contributed by atoms with Crippen molar-refractivity contribution in [2.45, 2.75) is 61.8 Å². The standard InChI is InChI=1S/C29H33N3O3/c1-31(2)14-17-5-7-21-19(11-17)20-13-29(34)23-12-18-6-8-22(33)26-24(18)28(29,27(35-26)25(20)30-21)9-10-32(23)15-16-3-4-16/h5-8,11,16,23,27,30,33-34H,3-4,9-10,12-15H2,1-2H3/t23-,27-,28-,29+/m0/s1. The highest BCUT2D eigenvalue weighted by Crippen LogP contribution is 2.69. The highest BCUT2D eigenvalue weighted by molar-refractivity contribution is 5.87. The number of hydrogen-bond acceptors (Lipinski definition) is 5. The van der Waals surface area contributed by atoms with Crippen molar-refractivity contribution in [1.29, 1.82) is 0 Å². The Balaban J connectivity index is 1.36. The lowest BCUT2D eigenvalue weighted by Gasteiger charge is -2.62. The number of ether oxygens (including phenoxy) is 1. The van der Waals surface area contributed by atoms with Gasteiger partial charge in [-0.1, -0.05) is 12.1 Å². The summed E-state index contributed by atoms with van der Waals surface area (Å²) in [5.74, 6) is 1.57. The third-order valence-electron chi connectivity index (χ3n) is 9.72. The van der Waals surface area contributed by atoms with Crippen molar-refractivity contribution in [3.8, 4) is 11.5 Å². The predicted octanol–water partition coefficient (Wildman–Crippen LogP) is 3.63. The van der Waals surface area contributed by atoms with Crippen LogP contribution < -0.4 is 4.74 Å². The number of likely N-dealkylation sites (tertiary alicyclic amines) is 1. The number of aliphatic hydroxyl groups is 1. The molecule has 2 aliphatic heterocycles. The third kappa shape index (κ3) is 2.50. The van der Waals surface area contributed by atoms with Gasteiger partial charge in [0.1, 0.15) is 0 Å². The molecule has 6 heteroatoms. The Bertz CT molecular complexity index is 1390. The quantitative estimate of drug-likeness (QED) is 0.542. The first-order chi connectivity index (χ1) is 16.9. The number of nitrogens with one attached hydrogen (secondary N) is 1. The van der Waals surface area contributed by atoms with Crippen LogP contribution >= 0.6 is 0 Å². The summed E-state index contributed by atoms with van der Waals surface area (Å²) in [5, 5.41) is 25.0. The number of phenolic OH excluding ortho intramolecular Hbond substituents is 1. The number of nitrogens with zero attached hydrogens (tertiary/aromatic N) is 2. The molecule has 0 amide bonds. The minimum atomic E-state index is -0.934. The molecule has 2 fully saturated rings. The molecule has 5 aliphatic rings. The van der Waals surface area contributed by atoms with Gasteiger partial charge in [-0.25, -0.2) is 0 Å². The number of aromatic amines is 1. The van der Waals surface area contributed by atoms with Gasteiger partial charge < -0.3 is 24.8 Å². The van der Waals surface area contributed by atoms with Crippen molar-refractivity contribution in [2.75, 3.05) is 27.2 Å². The summed E-state index contributed by atoms with van der Waals surface area (Å²) in [6, 6.07) is 10.6. The molecule has 4 atom stereocenters. The minimum Gasteiger partial charge on any atom is -0.504 e. The van der Waals surface area contributed by atoms with Crippen LogP contribution in [0.5, 0.6) is 11.5 Å². The zero-order chi connectivity index (χ0) is 23.7. The number of H-pyrrole nitrogens is 1. The molecule has 3 aromatic rings. The number of piperidine rings is 1. The number of hydrogen-bond donors (Lipinski definition) is 3. The van der Waals surface area contributed by atoms with Crippen molar-refractivity contribution in [3.05, 3.63) is 58.3 Å². The number of rotatable bonds is 4. The molecular formula is C29H33N3O3. The fourth-order valence-electron chi connectivity index (χ4n) is 8.13. The fourth-order valence-corrected chi connectivity index (χ4v) is 8.13. The highest BCUT2D eigenvalue weighted by atomic mass is 16.5. The Kier molecular flexibility index (Phi) is 3.90. The van der Waals surface area contributed by atoms with E-state index in [9.17, 15) is 10.2 Å². The van der Waals surface area contributed by atoms with Crippen molar-refractivity contribution < 1.29 is 14.9 Å². The van der Waals surface area contributed by atoms with Crippen LogP contribution in [0.4, 0.5) is 0 Å². The normalized spacial score (nSPS) is 32.6. The molecule has 6 nitrogen and oxygen atoms in total. The Morgan fingerprint density at radius 3 is 2.86 bits per heavy atom.